The summed E-state index contributed by atoms with van der Waals surface area (Å²) in [5.74, 6) is 0.643. The number of hydrogen-bond acceptors (Lipinski definition) is 2. The Kier molecular flexibility index (Phi) is 5.25. The normalized spacial score (nSPS) is 12.6. The zero-order valence-corrected chi connectivity index (χ0v) is 15.6. The highest BCUT2D eigenvalue weighted by atomic mass is 35.5. The molecule has 0 saturated carbocycles. The molecule has 1 nitrogen and oxygen atoms in total. The molecule has 0 fully saturated rings. The molecule has 2 rings (SSSR count). The molecule has 0 radical (unpaired) electrons. The lowest BCUT2D eigenvalue weighted by atomic mass is 9.85. The van der Waals surface area contributed by atoms with Crippen LogP contribution in [0.3, 0.4) is 0 Å². The van der Waals surface area contributed by atoms with E-state index in [9.17, 15) is 0 Å². The van der Waals surface area contributed by atoms with Gasteiger partial charge in [0, 0.05) is 21.8 Å². The largest absolute Gasteiger partial charge is 0.312 e. The highest BCUT2D eigenvalue weighted by Crippen LogP contribution is 2.44. The van der Waals surface area contributed by atoms with Crippen molar-refractivity contribution in [2.45, 2.75) is 46.6 Å². The first-order valence-corrected chi connectivity index (χ1v) is 8.89. The van der Waals surface area contributed by atoms with E-state index in [2.05, 4.69) is 39.9 Å². The second-order valence-corrected chi connectivity index (χ2v) is 8.83. The van der Waals surface area contributed by atoms with Gasteiger partial charge in [0.15, 0.2) is 0 Å². The summed E-state index contributed by atoms with van der Waals surface area (Å²) in [6, 6.07) is 3.79. The first-order chi connectivity index (χ1) is 9.71. The summed E-state index contributed by atoms with van der Waals surface area (Å²) in [5, 5.41) is 6.25. The minimum Gasteiger partial charge on any atom is -0.312 e. The molecule has 4 heteroatoms. The molecule has 0 aliphatic carbocycles. The molecule has 1 heterocycles. The number of fused-ring (bicyclic) bond motifs is 1. The van der Waals surface area contributed by atoms with Crippen LogP contribution in [0.15, 0.2) is 12.1 Å². The third-order valence-electron chi connectivity index (χ3n) is 3.40. The van der Waals surface area contributed by atoms with Crippen molar-refractivity contribution < 1.29 is 0 Å². The molecule has 0 unspecified atom stereocenters. The number of rotatable bonds is 4. The van der Waals surface area contributed by atoms with Gasteiger partial charge in [0.25, 0.3) is 0 Å². The lowest BCUT2D eigenvalue weighted by Crippen LogP contribution is -2.21. The molecule has 0 spiro atoms. The third-order valence-corrected chi connectivity index (χ3v) is 5.37. The first kappa shape index (κ1) is 17.1. The van der Waals surface area contributed by atoms with Crippen molar-refractivity contribution in [3.05, 3.63) is 32.6 Å². The maximum Gasteiger partial charge on any atom is 0.0585 e. The Balaban J connectivity index is 2.54. The van der Waals surface area contributed by atoms with Gasteiger partial charge in [0.1, 0.15) is 0 Å². The molecule has 21 heavy (non-hydrogen) atoms. The summed E-state index contributed by atoms with van der Waals surface area (Å²) in [7, 11) is 0. The van der Waals surface area contributed by atoms with E-state index in [1.807, 2.05) is 12.1 Å². The Morgan fingerprint density at radius 3 is 2.33 bits per heavy atom. The number of benzene rings is 1. The molecular weight excluding hydrogens is 321 g/mol. The molecular formula is C17H23Cl2NS. The second-order valence-electron chi connectivity index (χ2n) is 6.91. The molecule has 1 aromatic heterocycles. The van der Waals surface area contributed by atoms with Crippen LogP contribution in [0.1, 0.15) is 45.1 Å². The van der Waals surface area contributed by atoms with Crippen molar-refractivity contribution in [3.8, 4) is 0 Å². The van der Waals surface area contributed by atoms with Gasteiger partial charge >= 0.3 is 0 Å². The van der Waals surface area contributed by atoms with Crippen LogP contribution in [0.2, 0.25) is 10.0 Å². The molecule has 1 aromatic carbocycles. The second kappa shape index (κ2) is 6.45. The van der Waals surface area contributed by atoms with Crippen LogP contribution >= 0.6 is 34.5 Å². The van der Waals surface area contributed by atoms with Crippen LogP contribution < -0.4 is 5.32 Å². The molecule has 0 amide bonds. The molecule has 0 saturated heterocycles. The highest BCUT2D eigenvalue weighted by Gasteiger charge is 2.25. The number of halogens is 2. The smallest absolute Gasteiger partial charge is 0.0585 e. The standard InChI is InChI=1S/C17H23Cl2NS/c1-10(2)8-20-9-13-15(17(3,4)5)14-11(18)6-7-12(19)16(14)21-13/h6-7,10,20H,8-9H2,1-5H3. The van der Waals surface area contributed by atoms with Crippen molar-refractivity contribution in [2.75, 3.05) is 6.54 Å². The van der Waals surface area contributed by atoms with E-state index < -0.39 is 0 Å². The van der Waals surface area contributed by atoms with E-state index in [-0.39, 0.29) is 5.41 Å². The maximum absolute atomic E-state index is 6.47. The Hall–Kier alpha value is -0.280. The zero-order chi connectivity index (χ0) is 15.8. The van der Waals surface area contributed by atoms with E-state index >= 15 is 0 Å². The van der Waals surface area contributed by atoms with Crippen molar-refractivity contribution in [3.63, 3.8) is 0 Å². The van der Waals surface area contributed by atoms with Crippen molar-refractivity contribution >= 4 is 44.6 Å². The predicted octanol–water partition coefficient (Wildman–Crippen LogP) is 6.25. The number of hydrogen-bond donors (Lipinski definition) is 1. The van der Waals surface area contributed by atoms with Gasteiger partial charge in [-0.1, -0.05) is 57.8 Å². The molecule has 0 bridgehead atoms. The summed E-state index contributed by atoms with van der Waals surface area (Å²) in [4.78, 5) is 1.34. The van der Waals surface area contributed by atoms with E-state index in [1.165, 1.54) is 10.4 Å². The number of thiophene rings is 1. The predicted molar refractivity (Wildman–Crippen MR) is 97.1 cm³/mol. The Bertz CT molecular complexity index is 638. The average molecular weight is 344 g/mol. The molecule has 0 aliphatic rings. The summed E-state index contributed by atoms with van der Waals surface area (Å²) in [5.41, 5.74) is 1.37. The van der Waals surface area contributed by atoms with Gasteiger partial charge in [-0.15, -0.1) is 11.3 Å². The van der Waals surface area contributed by atoms with Crippen LogP contribution in [0.25, 0.3) is 10.1 Å². The summed E-state index contributed by atoms with van der Waals surface area (Å²) < 4.78 is 1.11. The molecule has 116 valence electrons. The van der Waals surface area contributed by atoms with E-state index in [0.717, 1.165) is 33.2 Å². The fourth-order valence-electron chi connectivity index (χ4n) is 2.57. The van der Waals surface area contributed by atoms with Crippen molar-refractivity contribution in [1.82, 2.24) is 5.32 Å². The summed E-state index contributed by atoms with van der Waals surface area (Å²) >= 11 is 14.6. The molecule has 0 aliphatic heterocycles. The van der Waals surface area contributed by atoms with Gasteiger partial charge in [-0.05, 0) is 35.6 Å². The zero-order valence-electron chi connectivity index (χ0n) is 13.3. The van der Waals surface area contributed by atoms with E-state index in [1.54, 1.807) is 11.3 Å². The monoisotopic (exact) mass is 343 g/mol. The lowest BCUT2D eigenvalue weighted by molar-refractivity contribution is 0.543. The Morgan fingerprint density at radius 1 is 1.14 bits per heavy atom. The van der Waals surface area contributed by atoms with Gasteiger partial charge in [-0.2, -0.15) is 0 Å². The van der Waals surface area contributed by atoms with Gasteiger partial charge in [-0.3, -0.25) is 0 Å². The van der Waals surface area contributed by atoms with Crippen molar-refractivity contribution in [1.29, 1.82) is 0 Å². The average Bonchev–Trinajstić information content (AvgIpc) is 2.74. The topological polar surface area (TPSA) is 12.0 Å². The van der Waals surface area contributed by atoms with E-state index in [4.69, 9.17) is 23.2 Å². The first-order valence-electron chi connectivity index (χ1n) is 7.32. The SMILES string of the molecule is CC(C)CNCc1sc2c(Cl)ccc(Cl)c2c1C(C)(C)C. The lowest BCUT2D eigenvalue weighted by Gasteiger charge is -2.21. The molecule has 2 aromatic rings. The van der Waals surface area contributed by atoms with Gasteiger partial charge in [-0.25, -0.2) is 0 Å². The molecule has 1 N–H and O–H groups in total. The van der Waals surface area contributed by atoms with Crippen LogP contribution in [0.5, 0.6) is 0 Å². The summed E-state index contributed by atoms with van der Waals surface area (Å²) in [6.45, 7) is 13.0. The maximum atomic E-state index is 6.47. The van der Waals surface area contributed by atoms with Gasteiger partial charge in [0.05, 0.1) is 9.72 Å². The minimum atomic E-state index is 0.0431. The third kappa shape index (κ3) is 3.73. The van der Waals surface area contributed by atoms with Crippen molar-refractivity contribution in [2.24, 2.45) is 5.92 Å². The van der Waals surface area contributed by atoms with Gasteiger partial charge in [0.2, 0.25) is 0 Å². The van der Waals surface area contributed by atoms with Crippen LogP contribution in [0, 0.1) is 5.92 Å². The van der Waals surface area contributed by atoms with Crippen LogP contribution in [-0.2, 0) is 12.0 Å². The Morgan fingerprint density at radius 2 is 1.76 bits per heavy atom. The summed E-state index contributed by atoms with van der Waals surface area (Å²) in [6.07, 6.45) is 0. The fourth-order valence-corrected chi connectivity index (χ4v) is 4.56. The number of nitrogens with one attached hydrogen (secondary N) is 1. The Labute approximate surface area is 141 Å². The van der Waals surface area contributed by atoms with Crippen LogP contribution in [-0.4, -0.2) is 6.54 Å². The molecule has 0 atom stereocenters. The quantitative estimate of drug-likeness (QED) is 0.691. The van der Waals surface area contributed by atoms with E-state index in [0.29, 0.717) is 5.92 Å². The fraction of sp³-hybridized carbons (Fsp3) is 0.529. The van der Waals surface area contributed by atoms with Gasteiger partial charge < -0.3 is 5.32 Å². The highest BCUT2D eigenvalue weighted by molar-refractivity contribution is 7.20. The minimum absolute atomic E-state index is 0.0431. The van der Waals surface area contributed by atoms with Crippen LogP contribution in [0.4, 0.5) is 0 Å².